The van der Waals surface area contributed by atoms with Gasteiger partial charge in [0.05, 0.1) is 17.9 Å². The summed E-state index contributed by atoms with van der Waals surface area (Å²) in [5, 5.41) is 12.7. The molecule has 5 nitrogen and oxygen atoms in total. The first-order valence-electron chi connectivity index (χ1n) is 13.6. The summed E-state index contributed by atoms with van der Waals surface area (Å²) in [6, 6.07) is 9.95. The van der Waals surface area contributed by atoms with Crippen molar-refractivity contribution in [2.24, 2.45) is 29.1 Å². The molecular formula is C32H53NO4. The van der Waals surface area contributed by atoms with Crippen molar-refractivity contribution in [3.63, 3.8) is 0 Å². The van der Waals surface area contributed by atoms with Gasteiger partial charge in [0.2, 0.25) is 5.91 Å². The second kappa shape index (κ2) is 15.7. The van der Waals surface area contributed by atoms with Crippen LogP contribution in [-0.4, -0.2) is 28.8 Å². The lowest BCUT2D eigenvalue weighted by Gasteiger charge is -2.34. The molecule has 1 amide bonds. The van der Waals surface area contributed by atoms with Gasteiger partial charge in [-0.05, 0) is 54.4 Å². The minimum absolute atomic E-state index is 0.0532. The number of amides is 1. The molecule has 1 saturated carbocycles. The Hall–Kier alpha value is -2.43. The van der Waals surface area contributed by atoms with Gasteiger partial charge in [-0.25, -0.2) is 0 Å². The number of carboxylic acids is 1. The molecule has 0 radical (unpaired) electrons. The van der Waals surface area contributed by atoms with Crippen molar-refractivity contribution in [3.8, 4) is 0 Å². The molecule has 5 heteroatoms. The van der Waals surface area contributed by atoms with E-state index in [0.717, 1.165) is 25.7 Å². The number of aliphatic carboxylic acids is 1. The number of hydrogen-bond acceptors (Lipinski definition) is 3. The Balaban J connectivity index is 0.000000894. The van der Waals surface area contributed by atoms with Crippen LogP contribution in [0.15, 0.2) is 43.5 Å². The average molecular weight is 516 g/mol. The van der Waals surface area contributed by atoms with Crippen molar-refractivity contribution in [2.45, 2.75) is 106 Å². The van der Waals surface area contributed by atoms with E-state index in [-0.39, 0.29) is 23.5 Å². The van der Waals surface area contributed by atoms with E-state index in [9.17, 15) is 19.5 Å². The van der Waals surface area contributed by atoms with Gasteiger partial charge in [-0.3, -0.25) is 14.4 Å². The van der Waals surface area contributed by atoms with Gasteiger partial charge in [0.1, 0.15) is 0 Å². The number of benzene rings is 1. The topological polar surface area (TPSA) is 83.5 Å². The quantitative estimate of drug-likeness (QED) is 0.352. The smallest absolute Gasteiger partial charge is 0.307 e. The third-order valence-corrected chi connectivity index (χ3v) is 6.89. The summed E-state index contributed by atoms with van der Waals surface area (Å²) >= 11 is 0. The summed E-state index contributed by atoms with van der Waals surface area (Å²) in [5.41, 5.74) is 1.28. The first kappa shape index (κ1) is 34.6. The van der Waals surface area contributed by atoms with Crippen molar-refractivity contribution in [1.82, 2.24) is 5.32 Å². The van der Waals surface area contributed by atoms with Crippen molar-refractivity contribution in [3.05, 3.63) is 49.1 Å². The van der Waals surface area contributed by atoms with Crippen molar-refractivity contribution >= 4 is 17.7 Å². The van der Waals surface area contributed by atoms with E-state index < -0.39 is 29.3 Å². The lowest BCUT2D eigenvalue weighted by molar-refractivity contribution is -0.150. The molecule has 2 N–H and O–H groups in total. The zero-order valence-corrected chi connectivity index (χ0v) is 24.9. The number of carbonyl (C=O) groups is 3. The van der Waals surface area contributed by atoms with Gasteiger partial charge in [-0.15, -0.1) is 13.2 Å². The van der Waals surface area contributed by atoms with Gasteiger partial charge in [0.15, 0.2) is 5.78 Å². The molecule has 1 fully saturated rings. The molecular weight excluding hydrogens is 462 g/mol. The molecule has 1 unspecified atom stereocenters. The number of ketones is 1. The van der Waals surface area contributed by atoms with E-state index in [1.165, 1.54) is 12.5 Å². The molecule has 0 spiro atoms. The number of hydrogen-bond donors (Lipinski definition) is 2. The van der Waals surface area contributed by atoms with Crippen molar-refractivity contribution in [1.29, 1.82) is 0 Å². The third kappa shape index (κ3) is 12.1. The van der Waals surface area contributed by atoms with Crippen molar-refractivity contribution in [2.75, 3.05) is 0 Å². The van der Waals surface area contributed by atoms with Crippen LogP contribution in [0.3, 0.4) is 0 Å². The Morgan fingerprint density at radius 3 is 1.78 bits per heavy atom. The lowest BCUT2D eigenvalue weighted by Crippen LogP contribution is -2.52. The second-order valence-corrected chi connectivity index (χ2v) is 12.7. The highest BCUT2D eigenvalue weighted by Crippen LogP contribution is 2.38. The van der Waals surface area contributed by atoms with E-state index in [2.05, 4.69) is 69.6 Å². The Morgan fingerprint density at radius 2 is 1.46 bits per heavy atom. The zero-order valence-electron chi connectivity index (χ0n) is 24.9. The van der Waals surface area contributed by atoms with Crippen LogP contribution in [0.25, 0.3) is 0 Å². The fourth-order valence-corrected chi connectivity index (χ4v) is 5.06. The van der Waals surface area contributed by atoms with Gasteiger partial charge < -0.3 is 10.4 Å². The highest BCUT2D eigenvalue weighted by Gasteiger charge is 2.42. The maximum absolute atomic E-state index is 13.0. The van der Waals surface area contributed by atoms with Crippen LogP contribution < -0.4 is 5.32 Å². The summed E-state index contributed by atoms with van der Waals surface area (Å²) in [4.78, 5) is 37.0. The van der Waals surface area contributed by atoms with Crippen LogP contribution in [0.5, 0.6) is 0 Å². The maximum atomic E-state index is 13.0. The Bertz CT molecular complexity index is 827. The van der Waals surface area contributed by atoms with Crippen molar-refractivity contribution < 1.29 is 19.5 Å². The van der Waals surface area contributed by atoms with E-state index >= 15 is 0 Å². The fraction of sp³-hybridized carbons (Fsp3) is 0.656. The fourth-order valence-electron chi connectivity index (χ4n) is 5.06. The average Bonchev–Trinajstić information content (AvgIpc) is 3.31. The van der Waals surface area contributed by atoms with Gasteiger partial charge in [0.25, 0.3) is 0 Å². The van der Waals surface area contributed by atoms with Crippen LogP contribution in [-0.2, 0) is 19.8 Å². The van der Waals surface area contributed by atoms with Gasteiger partial charge in [-0.1, -0.05) is 98.6 Å². The monoisotopic (exact) mass is 515 g/mol. The SMILES string of the molecule is C=C.CC(=O)[C@@H](NC(=O)C(CC(C)C)[C@@H](C(=O)O)C1CCCC1)C(C)(C)C.CC(C)(C)c1ccccc1. The van der Waals surface area contributed by atoms with Gasteiger partial charge in [-0.2, -0.15) is 0 Å². The van der Waals surface area contributed by atoms with Crippen LogP contribution in [0.2, 0.25) is 0 Å². The van der Waals surface area contributed by atoms with Gasteiger partial charge in [0, 0.05) is 0 Å². The molecule has 0 saturated heterocycles. The highest BCUT2D eigenvalue weighted by molar-refractivity contribution is 5.91. The van der Waals surface area contributed by atoms with Crippen LogP contribution in [0.4, 0.5) is 0 Å². The number of Topliss-reactive ketones (excluding diaryl/α,β-unsaturated/α-hetero) is 1. The molecule has 0 bridgehead atoms. The molecule has 3 atom stereocenters. The van der Waals surface area contributed by atoms with Crippen LogP contribution in [0, 0.1) is 29.1 Å². The molecule has 0 aromatic heterocycles. The Kier molecular flexibility index (Phi) is 14.7. The minimum Gasteiger partial charge on any atom is -0.481 e. The summed E-state index contributed by atoms with van der Waals surface area (Å²) in [5.74, 6) is -2.27. The predicted octanol–water partition coefficient (Wildman–Crippen LogP) is 7.45. The Morgan fingerprint density at radius 1 is 0.973 bits per heavy atom. The second-order valence-electron chi connectivity index (χ2n) is 12.7. The first-order chi connectivity index (χ1) is 17.1. The molecule has 1 aliphatic rings. The largest absolute Gasteiger partial charge is 0.481 e. The number of carboxylic acid groups (broad SMARTS) is 1. The molecule has 0 aliphatic heterocycles. The summed E-state index contributed by atoms with van der Waals surface area (Å²) in [7, 11) is 0. The van der Waals surface area contributed by atoms with E-state index in [0.29, 0.717) is 11.8 Å². The highest BCUT2D eigenvalue weighted by atomic mass is 16.4. The molecule has 37 heavy (non-hydrogen) atoms. The maximum Gasteiger partial charge on any atom is 0.307 e. The first-order valence-corrected chi connectivity index (χ1v) is 13.6. The lowest BCUT2D eigenvalue weighted by atomic mass is 9.75. The molecule has 2 rings (SSSR count). The summed E-state index contributed by atoms with van der Waals surface area (Å²) < 4.78 is 0. The van der Waals surface area contributed by atoms with E-state index in [4.69, 9.17) is 0 Å². The summed E-state index contributed by atoms with van der Waals surface area (Å²) in [6.45, 7) is 23.9. The molecule has 0 heterocycles. The van der Waals surface area contributed by atoms with Crippen LogP contribution in [0.1, 0.15) is 100.0 Å². The number of nitrogens with one attached hydrogen (secondary N) is 1. The minimum atomic E-state index is -0.886. The number of rotatable bonds is 8. The Labute approximate surface area is 226 Å². The van der Waals surface area contributed by atoms with Gasteiger partial charge >= 0.3 is 5.97 Å². The third-order valence-electron chi connectivity index (χ3n) is 6.89. The standard InChI is InChI=1S/C20H35NO4.C10H14.C2H4/c1-12(2)11-15(16(19(24)25)14-9-7-8-10-14)18(23)21-17(13(3)22)20(4,5)6;1-10(2,3)9-7-5-4-6-8-9;1-2/h12,14-17H,7-11H2,1-6H3,(H,21,23)(H,24,25);4-8H,1-3H3;1-2H2/t15?,16-,17+;;/m0../s1. The molecule has 1 aromatic rings. The normalized spacial score (nSPS) is 16.4. The predicted molar refractivity (Wildman–Crippen MR) is 154 cm³/mol. The molecule has 1 aliphatic carbocycles. The molecule has 1 aromatic carbocycles. The molecule has 210 valence electrons. The number of carbonyl (C=O) groups excluding carboxylic acids is 2. The van der Waals surface area contributed by atoms with E-state index in [1.807, 2.05) is 34.6 Å². The summed E-state index contributed by atoms with van der Waals surface area (Å²) in [6.07, 6.45) is 4.32. The van der Waals surface area contributed by atoms with E-state index in [1.54, 1.807) is 0 Å². The zero-order chi connectivity index (χ0) is 29.0. The van der Waals surface area contributed by atoms with Crippen LogP contribution >= 0.6 is 0 Å².